The van der Waals surface area contributed by atoms with Crippen LogP contribution in [-0.2, 0) is 34.3 Å². The Hall–Kier alpha value is -5.25. The van der Waals surface area contributed by atoms with E-state index in [1.54, 1.807) is 36.5 Å². The van der Waals surface area contributed by atoms with E-state index in [2.05, 4.69) is 60.7 Å². The lowest BCUT2D eigenvalue weighted by molar-refractivity contribution is -0.116. The van der Waals surface area contributed by atoms with E-state index >= 15 is 0 Å². The lowest BCUT2D eigenvalue weighted by Gasteiger charge is -2.27. The van der Waals surface area contributed by atoms with Crippen LogP contribution in [0.1, 0.15) is 59.2 Å². The minimum Gasteiger partial charge on any atom is -0.403 e. The summed E-state index contributed by atoms with van der Waals surface area (Å²) in [4.78, 5) is 29.8. The molecule has 6 aromatic rings. The Balaban J connectivity index is 1.16. The Kier molecular flexibility index (Phi) is 12.6. The lowest BCUT2D eigenvalue weighted by Crippen LogP contribution is -2.44. The second kappa shape index (κ2) is 17.7. The number of halogens is 2. The molecule has 4 aromatic carbocycles. The molecule has 1 radical (unpaired) electrons. The van der Waals surface area contributed by atoms with Gasteiger partial charge in [-0.25, -0.2) is 0 Å². The maximum absolute atomic E-state index is 13.0. The zero-order chi connectivity index (χ0) is 38.1. The van der Waals surface area contributed by atoms with Crippen molar-refractivity contribution < 1.29 is 14.0 Å². The zero-order valence-corrected chi connectivity index (χ0v) is 32.9. The quantitative estimate of drug-likeness (QED) is 0.0920. The monoisotopic (exact) mass is 771 g/mol. The van der Waals surface area contributed by atoms with Gasteiger partial charge in [0.1, 0.15) is 0 Å². The molecule has 0 unspecified atom stereocenters. The third kappa shape index (κ3) is 9.64. The van der Waals surface area contributed by atoms with E-state index in [0.29, 0.717) is 28.8 Å². The van der Waals surface area contributed by atoms with E-state index < -0.39 is 9.04 Å². The number of amides is 2. The zero-order valence-electron chi connectivity index (χ0n) is 30.4. The molecule has 0 aliphatic heterocycles. The third-order valence-electron chi connectivity index (χ3n) is 8.74. The highest BCUT2D eigenvalue weighted by Gasteiger charge is 2.28. The minimum absolute atomic E-state index is 0.197. The van der Waals surface area contributed by atoms with Crippen molar-refractivity contribution in [2.75, 3.05) is 0 Å². The van der Waals surface area contributed by atoms with E-state index in [9.17, 15) is 9.59 Å². The number of carbonyl (C=O) groups excluding carboxylic acids is 2. The number of nitrogens with zero attached hydrogens (tertiary/aromatic N) is 2. The summed E-state index contributed by atoms with van der Waals surface area (Å²) in [6, 6.07) is 39.0. The molecule has 0 saturated carbocycles. The summed E-state index contributed by atoms with van der Waals surface area (Å²) in [5, 5.41) is 9.28. The minimum atomic E-state index is -1.58. The first kappa shape index (κ1) is 38.5. The first-order valence-corrected chi connectivity index (χ1v) is 19.8. The van der Waals surface area contributed by atoms with E-state index in [1.165, 1.54) is 6.08 Å². The van der Waals surface area contributed by atoms with Gasteiger partial charge < -0.3 is 19.6 Å². The van der Waals surface area contributed by atoms with Gasteiger partial charge in [0.15, 0.2) is 0 Å². The SMILES string of the molecule is CC(C)(C)c1c(Cl)c(CO[Si](c2ccccc2)c2ccccc2)cc(-n2cccc2CNC(=O)C=Cc2ccc(C(=O)NCc3ccccn3)cc2)c1Cl. The van der Waals surface area contributed by atoms with E-state index in [-0.39, 0.29) is 23.8 Å². The van der Waals surface area contributed by atoms with Crippen LogP contribution < -0.4 is 21.0 Å². The van der Waals surface area contributed by atoms with Crippen molar-refractivity contribution >= 4 is 60.5 Å². The van der Waals surface area contributed by atoms with Crippen LogP contribution in [0.25, 0.3) is 11.8 Å². The molecule has 2 N–H and O–H groups in total. The summed E-state index contributed by atoms with van der Waals surface area (Å²) < 4.78 is 8.74. The Morgan fingerprint density at radius 2 is 1.46 bits per heavy atom. The Morgan fingerprint density at radius 3 is 2.09 bits per heavy atom. The van der Waals surface area contributed by atoms with Crippen molar-refractivity contribution in [1.82, 2.24) is 20.2 Å². The molecule has 0 aliphatic rings. The van der Waals surface area contributed by atoms with Crippen LogP contribution in [0.4, 0.5) is 0 Å². The van der Waals surface area contributed by atoms with Crippen LogP contribution in [0.3, 0.4) is 0 Å². The smallest absolute Gasteiger partial charge is 0.283 e. The molecule has 0 bridgehead atoms. The molecule has 2 aromatic heterocycles. The standard InChI is InChI=1S/C44H41Cl2N4O3Si/c1-44(2,3)40-41(45)33(30-53-54(36-15-6-4-7-16-36)37-17-8-5-9-18-37)27-38(42(40)46)50-26-12-14-35(50)29-48-39(51)24-21-31-19-22-32(23-20-31)43(52)49-28-34-13-10-11-25-47-34/h4-27H,28-30H2,1-3H3,(H,48,51)(H,49,52). The molecule has 7 nitrogen and oxygen atoms in total. The van der Waals surface area contributed by atoms with Crippen molar-refractivity contribution in [3.63, 3.8) is 0 Å². The summed E-state index contributed by atoms with van der Waals surface area (Å²) in [5.74, 6) is -0.458. The molecule has 0 fully saturated rings. The van der Waals surface area contributed by atoms with Gasteiger partial charge >= 0.3 is 0 Å². The molecular formula is C44H41Cl2N4O3Si. The van der Waals surface area contributed by atoms with Gasteiger partial charge in [0.2, 0.25) is 5.91 Å². The summed E-state index contributed by atoms with van der Waals surface area (Å²) in [5.41, 5.74) is 4.99. The molecule has 273 valence electrons. The van der Waals surface area contributed by atoms with E-state index in [1.807, 2.05) is 83.6 Å². The lowest BCUT2D eigenvalue weighted by atomic mass is 9.85. The van der Waals surface area contributed by atoms with Crippen molar-refractivity contribution in [3.8, 4) is 5.69 Å². The first-order chi connectivity index (χ1) is 26.1. The fraction of sp³-hybridized carbons (Fsp3) is 0.159. The molecule has 0 atom stereocenters. The molecule has 2 heterocycles. The molecule has 0 saturated heterocycles. The van der Waals surface area contributed by atoms with Crippen LogP contribution in [0.2, 0.25) is 10.0 Å². The number of pyridine rings is 1. The molecule has 54 heavy (non-hydrogen) atoms. The molecule has 0 aliphatic carbocycles. The number of hydrogen-bond donors (Lipinski definition) is 2. The molecular weight excluding hydrogens is 732 g/mol. The van der Waals surface area contributed by atoms with Gasteiger partial charge in [-0.1, -0.05) is 123 Å². The van der Waals surface area contributed by atoms with Crippen LogP contribution >= 0.6 is 23.2 Å². The average Bonchev–Trinajstić information content (AvgIpc) is 3.65. The normalized spacial score (nSPS) is 11.6. The topological polar surface area (TPSA) is 85.2 Å². The van der Waals surface area contributed by atoms with Gasteiger partial charge in [0.05, 0.1) is 41.1 Å². The highest BCUT2D eigenvalue weighted by Crippen LogP contribution is 2.41. The molecule has 10 heteroatoms. The van der Waals surface area contributed by atoms with Gasteiger partial charge in [-0.3, -0.25) is 14.6 Å². The summed E-state index contributed by atoms with van der Waals surface area (Å²) in [7, 11) is -1.58. The number of hydrogen-bond acceptors (Lipinski definition) is 4. The maximum atomic E-state index is 13.0. The number of nitrogens with one attached hydrogen (secondary N) is 2. The highest BCUT2D eigenvalue weighted by atomic mass is 35.5. The van der Waals surface area contributed by atoms with Crippen LogP contribution in [0, 0.1) is 0 Å². The first-order valence-electron chi connectivity index (χ1n) is 17.6. The summed E-state index contributed by atoms with van der Waals surface area (Å²) >= 11 is 14.3. The van der Waals surface area contributed by atoms with Crippen molar-refractivity contribution in [1.29, 1.82) is 0 Å². The van der Waals surface area contributed by atoms with Crippen molar-refractivity contribution in [2.45, 2.75) is 45.9 Å². The maximum Gasteiger partial charge on any atom is 0.283 e. The number of aromatic nitrogens is 2. The highest BCUT2D eigenvalue weighted by molar-refractivity contribution is 6.80. The van der Waals surface area contributed by atoms with E-state index in [4.69, 9.17) is 27.6 Å². The second-order valence-electron chi connectivity index (χ2n) is 13.7. The fourth-order valence-corrected chi connectivity index (χ4v) is 9.02. The summed E-state index contributed by atoms with van der Waals surface area (Å²) in [6.45, 7) is 7.16. The number of rotatable bonds is 13. The second-order valence-corrected chi connectivity index (χ2v) is 16.6. The Bertz CT molecular complexity index is 2180. The fourth-order valence-electron chi connectivity index (χ4n) is 6.00. The Labute approximate surface area is 328 Å². The van der Waals surface area contributed by atoms with Gasteiger partial charge in [0, 0.05) is 29.7 Å². The average molecular weight is 773 g/mol. The van der Waals surface area contributed by atoms with Crippen molar-refractivity contribution in [2.24, 2.45) is 0 Å². The molecule has 2 amide bonds. The largest absolute Gasteiger partial charge is 0.403 e. The molecule has 0 spiro atoms. The van der Waals surface area contributed by atoms with Crippen LogP contribution in [-0.4, -0.2) is 30.4 Å². The van der Waals surface area contributed by atoms with Crippen LogP contribution in [0.5, 0.6) is 0 Å². The van der Waals surface area contributed by atoms with Gasteiger partial charge in [-0.15, -0.1) is 0 Å². The predicted octanol–water partition coefficient (Wildman–Crippen LogP) is 8.06. The summed E-state index contributed by atoms with van der Waals surface area (Å²) in [6.07, 6.45) is 6.81. The van der Waals surface area contributed by atoms with E-state index in [0.717, 1.165) is 44.1 Å². The number of benzene rings is 4. The predicted molar refractivity (Wildman–Crippen MR) is 220 cm³/mol. The van der Waals surface area contributed by atoms with Crippen LogP contribution in [0.15, 0.2) is 140 Å². The molecule has 6 rings (SSSR count). The Morgan fingerprint density at radius 1 is 0.796 bits per heavy atom. The van der Waals surface area contributed by atoms with Gasteiger partial charge in [-0.05, 0) is 81.0 Å². The third-order valence-corrected chi connectivity index (χ3v) is 11.7. The van der Waals surface area contributed by atoms with Gasteiger partial charge in [-0.2, -0.15) is 0 Å². The van der Waals surface area contributed by atoms with Gasteiger partial charge in [0.25, 0.3) is 14.9 Å². The van der Waals surface area contributed by atoms with Crippen molar-refractivity contribution in [3.05, 3.63) is 183 Å². The number of carbonyl (C=O) groups is 2.